The van der Waals surface area contributed by atoms with Gasteiger partial charge in [-0.3, -0.25) is 0 Å². The van der Waals surface area contributed by atoms with E-state index in [1.165, 1.54) is 6.92 Å². The maximum absolute atomic E-state index is 11.9. The van der Waals surface area contributed by atoms with E-state index in [0.29, 0.717) is 10.7 Å². The van der Waals surface area contributed by atoms with Crippen molar-refractivity contribution in [1.29, 1.82) is 0 Å². The zero-order chi connectivity index (χ0) is 15.4. The molecule has 0 fully saturated rings. The van der Waals surface area contributed by atoms with Gasteiger partial charge in [0.2, 0.25) is 5.72 Å². The molecule has 0 saturated carbocycles. The third kappa shape index (κ3) is 5.31. The fourth-order valence-electron chi connectivity index (χ4n) is 1.43. The summed E-state index contributed by atoms with van der Waals surface area (Å²) >= 11 is 10.8. The smallest absolute Gasteiger partial charge is 0.377 e. The number of hydrogen-bond acceptors (Lipinski definition) is 5. The lowest BCUT2D eigenvalue weighted by Crippen LogP contribution is -2.46. The van der Waals surface area contributed by atoms with Crippen LogP contribution in [0.1, 0.15) is 13.8 Å². The minimum atomic E-state index is -4.47. The van der Waals surface area contributed by atoms with Crippen LogP contribution in [0.15, 0.2) is 24.3 Å². The molecule has 0 amide bonds. The second-order valence-corrected chi connectivity index (χ2v) is 6.73. The standard InChI is InChI=1S/C11H14Cl2NO5P/c1-3-18-11(2,10(15)19-20(13,16)17)14-9-6-4-8(12)5-7-9/h4-7,14H,3H2,1-2H3,(H,16,17)/t11-/m1/s1. The molecule has 0 radical (unpaired) electrons. The largest absolute Gasteiger partial charge is 0.476 e. The van der Waals surface area contributed by atoms with Crippen molar-refractivity contribution in [2.45, 2.75) is 19.6 Å². The van der Waals surface area contributed by atoms with Crippen molar-refractivity contribution in [3.8, 4) is 0 Å². The summed E-state index contributed by atoms with van der Waals surface area (Å²) in [5.74, 6) is -1.10. The van der Waals surface area contributed by atoms with Gasteiger partial charge in [0.1, 0.15) is 0 Å². The topological polar surface area (TPSA) is 84.9 Å². The average molecular weight is 342 g/mol. The first kappa shape index (κ1) is 17.3. The number of hydrogen-bond donors (Lipinski definition) is 2. The van der Waals surface area contributed by atoms with Crippen LogP contribution >= 0.6 is 29.8 Å². The minimum Gasteiger partial charge on any atom is -0.377 e. The highest BCUT2D eigenvalue weighted by atomic mass is 35.7. The number of rotatable bonds is 6. The molecule has 9 heteroatoms. The van der Waals surface area contributed by atoms with E-state index in [1.807, 2.05) is 0 Å². The Morgan fingerprint density at radius 2 is 2.00 bits per heavy atom. The molecule has 0 spiro atoms. The van der Waals surface area contributed by atoms with Gasteiger partial charge in [-0.2, -0.15) is 0 Å². The Labute approximate surface area is 126 Å². The molecule has 1 aromatic rings. The molecule has 1 aromatic carbocycles. The predicted molar refractivity (Wildman–Crippen MR) is 76.9 cm³/mol. The summed E-state index contributed by atoms with van der Waals surface area (Å²) in [5.41, 5.74) is -1.14. The van der Waals surface area contributed by atoms with Gasteiger partial charge in [-0.15, -0.1) is 0 Å². The van der Waals surface area contributed by atoms with E-state index in [9.17, 15) is 9.36 Å². The lowest BCUT2D eigenvalue weighted by Gasteiger charge is -2.29. The molecule has 6 nitrogen and oxygen atoms in total. The summed E-state index contributed by atoms with van der Waals surface area (Å²) < 4.78 is 20.5. The Morgan fingerprint density at radius 1 is 1.45 bits per heavy atom. The molecule has 112 valence electrons. The zero-order valence-corrected chi connectivity index (χ0v) is 13.2. The van der Waals surface area contributed by atoms with Gasteiger partial charge >= 0.3 is 12.9 Å². The van der Waals surface area contributed by atoms with Crippen molar-refractivity contribution in [1.82, 2.24) is 0 Å². The van der Waals surface area contributed by atoms with Crippen LogP contribution in [0.25, 0.3) is 0 Å². The van der Waals surface area contributed by atoms with Crippen molar-refractivity contribution in [2.24, 2.45) is 0 Å². The Kier molecular flexibility index (Phi) is 5.86. The van der Waals surface area contributed by atoms with Crippen molar-refractivity contribution in [3.63, 3.8) is 0 Å². The van der Waals surface area contributed by atoms with Crippen LogP contribution in [0.5, 0.6) is 0 Å². The van der Waals surface area contributed by atoms with E-state index in [-0.39, 0.29) is 6.61 Å². The predicted octanol–water partition coefficient (Wildman–Crippen LogP) is 3.39. The van der Waals surface area contributed by atoms with E-state index in [1.54, 1.807) is 31.2 Å². The second-order valence-electron chi connectivity index (χ2n) is 3.93. The highest BCUT2D eigenvalue weighted by Crippen LogP contribution is 2.48. The molecule has 1 unspecified atom stereocenters. The van der Waals surface area contributed by atoms with Crippen molar-refractivity contribution in [2.75, 3.05) is 11.9 Å². The maximum Gasteiger partial charge on any atom is 0.476 e. The van der Waals surface area contributed by atoms with Crippen LogP contribution in [0, 0.1) is 0 Å². The van der Waals surface area contributed by atoms with Crippen LogP contribution in [0.4, 0.5) is 5.69 Å². The lowest BCUT2D eigenvalue weighted by molar-refractivity contribution is -0.156. The van der Waals surface area contributed by atoms with E-state index in [2.05, 4.69) is 9.84 Å². The molecular formula is C11H14Cl2NO5P. The Hall–Kier alpha value is -0.780. The van der Waals surface area contributed by atoms with E-state index < -0.39 is 18.6 Å². The number of benzene rings is 1. The Morgan fingerprint density at radius 3 is 2.45 bits per heavy atom. The summed E-state index contributed by atoms with van der Waals surface area (Å²) in [6, 6.07) is 6.46. The molecule has 0 aromatic heterocycles. The number of ether oxygens (including phenoxy) is 1. The molecule has 0 aliphatic rings. The maximum atomic E-state index is 11.9. The lowest BCUT2D eigenvalue weighted by atomic mass is 10.2. The fraction of sp³-hybridized carbons (Fsp3) is 0.364. The summed E-state index contributed by atoms with van der Waals surface area (Å²) in [5, 5.41) is 3.28. The van der Waals surface area contributed by atoms with Crippen LogP contribution in [-0.4, -0.2) is 23.2 Å². The van der Waals surface area contributed by atoms with Crippen molar-refractivity contribution in [3.05, 3.63) is 29.3 Å². The third-order valence-electron chi connectivity index (χ3n) is 2.25. The number of carbonyl (C=O) groups is 1. The van der Waals surface area contributed by atoms with E-state index in [4.69, 9.17) is 32.5 Å². The van der Waals surface area contributed by atoms with Gasteiger partial charge in [0.05, 0.1) is 0 Å². The first-order valence-electron chi connectivity index (χ1n) is 5.60. The molecule has 20 heavy (non-hydrogen) atoms. The second kappa shape index (κ2) is 6.78. The minimum absolute atomic E-state index is 0.171. The molecule has 0 saturated heterocycles. The fourth-order valence-corrected chi connectivity index (χ4v) is 2.13. The highest BCUT2D eigenvalue weighted by Gasteiger charge is 2.39. The third-order valence-corrected chi connectivity index (χ3v) is 3.10. The first-order valence-corrected chi connectivity index (χ1v) is 8.46. The SMILES string of the molecule is CCO[C@@](C)(Nc1ccc(Cl)cc1)C(=O)OP(=O)(O)Cl. The molecular weight excluding hydrogens is 328 g/mol. The number of carbonyl (C=O) groups excluding carboxylic acids is 1. The zero-order valence-electron chi connectivity index (χ0n) is 10.8. The number of anilines is 1. The van der Waals surface area contributed by atoms with E-state index >= 15 is 0 Å². The van der Waals surface area contributed by atoms with Gasteiger partial charge in [0, 0.05) is 28.6 Å². The van der Waals surface area contributed by atoms with Crippen LogP contribution < -0.4 is 5.32 Å². The number of nitrogens with one attached hydrogen (secondary N) is 1. The molecule has 2 N–H and O–H groups in total. The molecule has 1 rings (SSSR count). The van der Waals surface area contributed by atoms with Gasteiger partial charge in [-0.05, 0) is 38.1 Å². The monoisotopic (exact) mass is 341 g/mol. The summed E-state index contributed by atoms with van der Waals surface area (Å²) in [6.45, 7) is -1.28. The molecule has 2 atom stereocenters. The Bertz CT molecular complexity index is 518. The van der Waals surface area contributed by atoms with Crippen molar-refractivity contribution < 1.29 is 23.5 Å². The van der Waals surface area contributed by atoms with Gasteiger partial charge in [-0.1, -0.05) is 11.6 Å². The quantitative estimate of drug-likeness (QED) is 0.609. The van der Waals surface area contributed by atoms with Gasteiger partial charge in [0.15, 0.2) is 0 Å². The highest BCUT2D eigenvalue weighted by molar-refractivity contribution is 7.80. The van der Waals surface area contributed by atoms with Crippen LogP contribution in [-0.2, 0) is 18.6 Å². The summed E-state index contributed by atoms with van der Waals surface area (Å²) in [7, 11) is 0. The first-order chi connectivity index (χ1) is 9.16. The Balaban J connectivity index is 2.93. The van der Waals surface area contributed by atoms with Gasteiger partial charge in [0.25, 0.3) is 0 Å². The molecule has 0 bridgehead atoms. The molecule has 0 heterocycles. The summed E-state index contributed by atoms with van der Waals surface area (Å²) in [6.07, 6.45) is 0. The van der Waals surface area contributed by atoms with Gasteiger partial charge in [-0.25, -0.2) is 9.36 Å². The summed E-state index contributed by atoms with van der Waals surface area (Å²) in [4.78, 5) is 20.8. The number of halogens is 2. The average Bonchev–Trinajstić information content (AvgIpc) is 2.30. The molecule has 0 aliphatic carbocycles. The van der Waals surface area contributed by atoms with Crippen molar-refractivity contribution >= 4 is 41.4 Å². The van der Waals surface area contributed by atoms with Gasteiger partial charge < -0.3 is 19.5 Å². The van der Waals surface area contributed by atoms with E-state index in [0.717, 1.165) is 0 Å². The van der Waals surface area contributed by atoms with Crippen LogP contribution in [0.2, 0.25) is 5.02 Å². The van der Waals surface area contributed by atoms with Crippen LogP contribution in [0.3, 0.4) is 0 Å². The normalized spacial score (nSPS) is 16.9. The molecule has 0 aliphatic heterocycles.